The third kappa shape index (κ3) is 5.13. The fourth-order valence-electron chi connectivity index (χ4n) is 3.61. The van der Waals surface area contributed by atoms with E-state index in [1.165, 1.54) is 12.1 Å². The minimum atomic E-state index is -0.290. The molecule has 2 aromatic heterocycles. The molecule has 0 atom stereocenters. The molecule has 1 N–H and O–H groups in total. The van der Waals surface area contributed by atoms with E-state index in [1.54, 1.807) is 18.5 Å². The number of amides is 1. The number of nitrogens with one attached hydrogen (secondary N) is 1. The highest BCUT2D eigenvalue weighted by Crippen LogP contribution is 2.19. The summed E-state index contributed by atoms with van der Waals surface area (Å²) in [6.07, 6.45) is 3.48. The summed E-state index contributed by atoms with van der Waals surface area (Å²) in [5.74, 6) is 0.478. The summed E-state index contributed by atoms with van der Waals surface area (Å²) >= 11 is 0. The Hall–Kier alpha value is -3.58. The number of halogens is 1. The Morgan fingerprint density at radius 3 is 2.68 bits per heavy atom. The van der Waals surface area contributed by atoms with Gasteiger partial charge in [-0.05, 0) is 54.4 Å². The average molecular weight is 417 g/mol. The van der Waals surface area contributed by atoms with Crippen LogP contribution in [0.1, 0.15) is 17.0 Å². The van der Waals surface area contributed by atoms with Crippen LogP contribution < -0.4 is 5.32 Å². The van der Waals surface area contributed by atoms with E-state index in [2.05, 4.69) is 15.3 Å². The van der Waals surface area contributed by atoms with Crippen molar-refractivity contribution in [1.82, 2.24) is 19.4 Å². The van der Waals surface area contributed by atoms with Crippen LogP contribution in [-0.2, 0) is 24.9 Å². The Bertz CT molecular complexity index is 1210. The second-order valence-corrected chi connectivity index (χ2v) is 7.61. The molecule has 0 radical (unpaired) electrons. The van der Waals surface area contributed by atoms with Gasteiger partial charge in [0.15, 0.2) is 0 Å². The maximum atomic E-state index is 13.6. The molecule has 2 heterocycles. The van der Waals surface area contributed by atoms with Crippen LogP contribution in [0.25, 0.3) is 11.0 Å². The van der Waals surface area contributed by atoms with E-state index >= 15 is 0 Å². The molecule has 0 saturated carbocycles. The average Bonchev–Trinajstić information content (AvgIpc) is 3.01. The van der Waals surface area contributed by atoms with E-state index in [0.29, 0.717) is 18.8 Å². The molecule has 4 rings (SSSR count). The number of anilines is 1. The molecule has 0 unspecified atom stereocenters. The van der Waals surface area contributed by atoms with E-state index in [4.69, 9.17) is 0 Å². The number of benzene rings is 2. The molecule has 158 valence electrons. The lowest BCUT2D eigenvalue weighted by Crippen LogP contribution is -2.32. The quantitative estimate of drug-likeness (QED) is 0.493. The van der Waals surface area contributed by atoms with Crippen LogP contribution in [0.4, 0.5) is 10.1 Å². The maximum Gasteiger partial charge on any atom is 0.238 e. The lowest BCUT2D eigenvalue weighted by Gasteiger charge is -2.22. The van der Waals surface area contributed by atoms with Crippen molar-refractivity contribution in [2.75, 3.05) is 11.9 Å². The SMILES string of the molecule is Cc1nc2cc(NC(=O)CN(Cc3cccnc3)Cc3cccc(F)c3)ccc2n1C. The van der Waals surface area contributed by atoms with Crippen LogP contribution in [0, 0.1) is 12.7 Å². The number of pyridine rings is 1. The zero-order valence-electron chi connectivity index (χ0n) is 17.5. The molecular weight excluding hydrogens is 393 g/mol. The Morgan fingerprint density at radius 1 is 1.10 bits per heavy atom. The molecule has 0 spiro atoms. The molecule has 0 saturated heterocycles. The fraction of sp³-hybridized carbons (Fsp3) is 0.208. The van der Waals surface area contributed by atoms with Gasteiger partial charge in [-0.25, -0.2) is 9.37 Å². The van der Waals surface area contributed by atoms with E-state index in [0.717, 1.165) is 28.0 Å². The summed E-state index contributed by atoms with van der Waals surface area (Å²) in [5, 5.41) is 2.96. The van der Waals surface area contributed by atoms with Gasteiger partial charge in [0.05, 0.1) is 17.6 Å². The number of carbonyl (C=O) groups excluding carboxylic acids is 1. The Morgan fingerprint density at radius 2 is 1.90 bits per heavy atom. The van der Waals surface area contributed by atoms with E-state index < -0.39 is 0 Å². The van der Waals surface area contributed by atoms with Crippen molar-refractivity contribution >= 4 is 22.6 Å². The number of carbonyl (C=O) groups is 1. The van der Waals surface area contributed by atoms with Crippen LogP contribution in [0.5, 0.6) is 0 Å². The molecule has 0 bridgehead atoms. The van der Waals surface area contributed by atoms with Crippen molar-refractivity contribution in [3.05, 3.63) is 89.8 Å². The van der Waals surface area contributed by atoms with Crippen molar-refractivity contribution in [2.24, 2.45) is 7.05 Å². The highest BCUT2D eigenvalue weighted by Gasteiger charge is 2.14. The Balaban J connectivity index is 1.49. The minimum absolute atomic E-state index is 0.146. The van der Waals surface area contributed by atoms with Gasteiger partial charge in [-0.15, -0.1) is 0 Å². The number of aryl methyl sites for hydroxylation is 2. The molecule has 4 aromatic rings. The van der Waals surface area contributed by atoms with Crippen LogP contribution in [0.2, 0.25) is 0 Å². The van der Waals surface area contributed by atoms with Crippen LogP contribution in [0.15, 0.2) is 67.0 Å². The summed E-state index contributed by atoms with van der Waals surface area (Å²) in [5.41, 5.74) is 4.34. The highest BCUT2D eigenvalue weighted by molar-refractivity contribution is 5.94. The third-order valence-corrected chi connectivity index (χ3v) is 5.18. The lowest BCUT2D eigenvalue weighted by atomic mass is 10.2. The van der Waals surface area contributed by atoms with E-state index in [-0.39, 0.29) is 18.3 Å². The molecule has 0 aliphatic heterocycles. The zero-order chi connectivity index (χ0) is 21.8. The number of hydrogen-bond acceptors (Lipinski definition) is 4. The molecule has 0 fully saturated rings. The van der Waals surface area contributed by atoms with Gasteiger partial charge >= 0.3 is 0 Å². The summed E-state index contributed by atoms with van der Waals surface area (Å²) < 4.78 is 15.6. The summed E-state index contributed by atoms with van der Waals surface area (Å²) in [4.78, 5) is 23.4. The zero-order valence-corrected chi connectivity index (χ0v) is 17.5. The van der Waals surface area contributed by atoms with E-state index in [1.807, 2.05) is 59.8 Å². The molecule has 2 aromatic carbocycles. The monoisotopic (exact) mass is 417 g/mol. The minimum Gasteiger partial charge on any atom is -0.331 e. The highest BCUT2D eigenvalue weighted by atomic mass is 19.1. The summed E-state index contributed by atoms with van der Waals surface area (Å²) in [6.45, 7) is 3.07. The van der Waals surface area contributed by atoms with Gasteiger partial charge in [0.1, 0.15) is 11.6 Å². The number of nitrogens with zero attached hydrogens (tertiary/aromatic N) is 4. The topological polar surface area (TPSA) is 63.1 Å². The van der Waals surface area contributed by atoms with Crippen LogP contribution >= 0.6 is 0 Å². The number of aromatic nitrogens is 3. The number of imidazole rings is 1. The molecular formula is C24H24FN5O. The van der Waals surface area contributed by atoms with Gasteiger partial charge in [-0.1, -0.05) is 18.2 Å². The number of rotatable bonds is 7. The standard InChI is InChI=1S/C24H24FN5O/c1-17-27-22-12-21(8-9-23(22)29(17)2)28-24(31)16-30(15-19-6-4-10-26-13-19)14-18-5-3-7-20(25)11-18/h3-13H,14-16H2,1-2H3,(H,28,31). The predicted molar refractivity (Wildman–Crippen MR) is 119 cm³/mol. The van der Waals surface area contributed by atoms with Crippen LogP contribution in [0.3, 0.4) is 0 Å². The van der Waals surface area contributed by atoms with Gasteiger partial charge in [-0.2, -0.15) is 0 Å². The van der Waals surface area contributed by atoms with Gasteiger partial charge in [0, 0.05) is 38.2 Å². The first-order valence-electron chi connectivity index (χ1n) is 10.1. The van der Waals surface area contributed by atoms with Gasteiger partial charge in [0.2, 0.25) is 5.91 Å². The normalized spacial score (nSPS) is 11.2. The first-order chi connectivity index (χ1) is 15.0. The maximum absolute atomic E-state index is 13.6. The number of fused-ring (bicyclic) bond motifs is 1. The van der Waals surface area contributed by atoms with Crippen molar-refractivity contribution < 1.29 is 9.18 Å². The van der Waals surface area contributed by atoms with E-state index in [9.17, 15) is 9.18 Å². The van der Waals surface area contributed by atoms with Crippen LogP contribution in [-0.4, -0.2) is 31.9 Å². The van der Waals surface area contributed by atoms with Crippen molar-refractivity contribution in [2.45, 2.75) is 20.0 Å². The predicted octanol–water partition coefficient (Wildman–Crippen LogP) is 4.06. The lowest BCUT2D eigenvalue weighted by molar-refractivity contribution is -0.117. The largest absolute Gasteiger partial charge is 0.331 e. The molecule has 0 aliphatic rings. The van der Waals surface area contributed by atoms with Crippen molar-refractivity contribution in [3.63, 3.8) is 0 Å². The van der Waals surface area contributed by atoms with Crippen molar-refractivity contribution in [3.8, 4) is 0 Å². The first kappa shape index (κ1) is 20.7. The third-order valence-electron chi connectivity index (χ3n) is 5.18. The fourth-order valence-corrected chi connectivity index (χ4v) is 3.61. The Kier molecular flexibility index (Phi) is 6.04. The second-order valence-electron chi connectivity index (χ2n) is 7.61. The first-order valence-corrected chi connectivity index (χ1v) is 10.1. The number of hydrogen-bond donors (Lipinski definition) is 1. The van der Waals surface area contributed by atoms with Gasteiger partial charge in [0.25, 0.3) is 0 Å². The molecule has 7 heteroatoms. The summed E-state index contributed by atoms with van der Waals surface area (Å²) in [7, 11) is 1.96. The summed E-state index contributed by atoms with van der Waals surface area (Å²) in [6, 6.07) is 16.0. The Labute approximate surface area is 180 Å². The molecule has 0 aliphatic carbocycles. The molecule has 1 amide bonds. The van der Waals surface area contributed by atoms with Gasteiger partial charge < -0.3 is 9.88 Å². The molecule has 6 nitrogen and oxygen atoms in total. The van der Waals surface area contributed by atoms with Crippen molar-refractivity contribution in [1.29, 1.82) is 0 Å². The smallest absolute Gasteiger partial charge is 0.238 e. The van der Waals surface area contributed by atoms with Gasteiger partial charge in [-0.3, -0.25) is 14.7 Å². The molecule has 31 heavy (non-hydrogen) atoms. The second kappa shape index (κ2) is 9.06.